The van der Waals surface area contributed by atoms with Crippen LogP contribution in [-0.4, -0.2) is 24.5 Å². The van der Waals surface area contributed by atoms with Crippen molar-refractivity contribution in [3.63, 3.8) is 0 Å². The van der Waals surface area contributed by atoms with E-state index in [1.54, 1.807) is 36.4 Å². The summed E-state index contributed by atoms with van der Waals surface area (Å²) in [6.45, 7) is 3.31. The van der Waals surface area contributed by atoms with Gasteiger partial charge >= 0.3 is 0 Å². The monoisotopic (exact) mass is 466 g/mol. The van der Waals surface area contributed by atoms with Crippen LogP contribution in [0.4, 0.5) is 11.4 Å². The number of rotatable bonds is 6. The van der Waals surface area contributed by atoms with Crippen LogP contribution in [0, 0.1) is 0 Å². The van der Waals surface area contributed by atoms with E-state index in [0.717, 1.165) is 30.4 Å². The van der Waals surface area contributed by atoms with Crippen molar-refractivity contribution in [1.82, 2.24) is 10.2 Å². The van der Waals surface area contributed by atoms with E-state index in [4.69, 9.17) is 0 Å². The highest BCUT2D eigenvalue weighted by Gasteiger charge is 2.23. The zero-order valence-corrected chi connectivity index (χ0v) is 19.4. The van der Waals surface area contributed by atoms with Gasteiger partial charge in [0.1, 0.15) is 0 Å². The summed E-state index contributed by atoms with van der Waals surface area (Å²) in [5, 5.41) is 9.49. The van der Waals surface area contributed by atoms with Crippen molar-refractivity contribution in [3.05, 3.63) is 69.5 Å². The molecule has 8 nitrogen and oxygen atoms in total. The van der Waals surface area contributed by atoms with E-state index < -0.39 is 10.0 Å². The summed E-state index contributed by atoms with van der Waals surface area (Å²) < 4.78 is 29.2. The molecule has 1 aliphatic rings. The van der Waals surface area contributed by atoms with Gasteiger partial charge in [0.2, 0.25) is 5.91 Å². The number of aromatic amines is 1. The number of hydrogen-bond acceptors (Lipinski definition) is 5. The molecule has 0 fully saturated rings. The van der Waals surface area contributed by atoms with Gasteiger partial charge in [-0.05, 0) is 73.6 Å². The minimum absolute atomic E-state index is 0.171. The van der Waals surface area contributed by atoms with E-state index in [-0.39, 0.29) is 16.4 Å². The van der Waals surface area contributed by atoms with Gasteiger partial charge in [-0.25, -0.2) is 13.5 Å². The van der Waals surface area contributed by atoms with E-state index >= 15 is 0 Å². The van der Waals surface area contributed by atoms with Gasteiger partial charge in [0, 0.05) is 29.4 Å². The quantitative estimate of drug-likeness (QED) is 0.512. The predicted octanol–water partition coefficient (Wildman–Crippen LogP) is 3.64. The summed E-state index contributed by atoms with van der Waals surface area (Å²) >= 11 is 0. The number of aromatic nitrogens is 2. The lowest BCUT2D eigenvalue weighted by molar-refractivity contribution is -0.114. The Morgan fingerprint density at radius 1 is 1.03 bits per heavy atom. The first-order valence-corrected chi connectivity index (χ1v) is 12.4. The molecule has 3 aromatic rings. The predicted molar refractivity (Wildman–Crippen MR) is 128 cm³/mol. The molecule has 0 saturated heterocycles. The highest BCUT2D eigenvalue weighted by molar-refractivity contribution is 7.92. The van der Waals surface area contributed by atoms with Gasteiger partial charge in [-0.2, -0.15) is 5.10 Å². The van der Waals surface area contributed by atoms with Gasteiger partial charge in [-0.15, -0.1) is 0 Å². The maximum atomic E-state index is 13.3. The number of benzene rings is 2. The average Bonchev–Trinajstić information content (AvgIpc) is 2.80. The zero-order chi connectivity index (χ0) is 23.6. The van der Waals surface area contributed by atoms with Gasteiger partial charge in [0.25, 0.3) is 15.6 Å². The van der Waals surface area contributed by atoms with Crippen molar-refractivity contribution in [2.45, 2.75) is 50.8 Å². The molecule has 172 valence electrons. The number of nitrogens with zero attached hydrogens (tertiary/aromatic N) is 1. The van der Waals surface area contributed by atoms with Gasteiger partial charge in [-0.1, -0.05) is 19.1 Å². The number of aryl methyl sites for hydroxylation is 1. The van der Waals surface area contributed by atoms with Crippen molar-refractivity contribution in [1.29, 1.82) is 0 Å². The molecule has 0 saturated carbocycles. The Labute approximate surface area is 192 Å². The van der Waals surface area contributed by atoms with Crippen molar-refractivity contribution in [2.24, 2.45) is 0 Å². The topological polar surface area (TPSA) is 121 Å². The lowest BCUT2D eigenvalue weighted by atomic mass is 9.89. The molecule has 1 amide bonds. The highest BCUT2D eigenvalue weighted by atomic mass is 32.2. The number of fused-ring (bicyclic) bond motifs is 1. The molecule has 3 N–H and O–H groups in total. The maximum Gasteiger partial charge on any atom is 0.267 e. The minimum Gasteiger partial charge on any atom is -0.326 e. The number of hydrogen-bond donors (Lipinski definition) is 3. The lowest BCUT2D eigenvalue weighted by Crippen LogP contribution is -2.21. The Hall–Kier alpha value is -3.46. The first-order valence-electron chi connectivity index (χ1n) is 10.9. The largest absolute Gasteiger partial charge is 0.326 e. The molecular weight excluding hydrogens is 440 g/mol. The summed E-state index contributed by atoms with van der Waals surface area (Å²) in [6, 6.07) is 11.7. The molecule has 1 aromatic heterocycles. The molecule has 33 heavy (non-hydrogen) atoms. The van der Waals surface area contributed by atoms with Crippen LogP contribution in [-0.2, 0) is 34.1 Å². The Morgan fingerprint density at radius 2 is 1.70 bits per heavy atom. The Bertz CT molecular complexity index is 1360. The molecule has 1 aliphatic carbocycles. The summed E-state index contributed by atoms with van der Waals surface area (Å²) in [4.78, 5) is 23.6. The van der Waals surface area contributed by atoms with Crippen molar-refractivity contribution in [3.8, 4) is 11.3 Å². The van der Waals surface area contributed by atoms with E-state index in [2.05, 4.69) is 20.2 Å². The number of carbonyl (C=O) groups is 1. The summed E-state index contributed by atoms with van der Waals surface area (Å²) in [5.74, 6) is -0.203. The highest BCUT2D eigenvalue weighted by Crippen LogP contribution is 2.31. The standard InChI is InChI=1S/C24H26N4O4S/c1-3-16-8-9-17(23-20-6-4-5-7-21(20)24(30)27-26-23)14-22(16)33(31,32)28-19-12-10-18(11-13-19)25-15(2)29/h8-14,28H,3-7H2,1-2H3,(H,25,29)(H,27,30). The van der Waals surface area contributed by atoms with Gasteiger partial charge in [-0.3, -0.25) is 14.3 Å². The van der Waals surface area contributed by atoms with Gasteiger partial charge in [0.05, 0.1) is 10.6 Å². The van der Waals surface area contributed by atoms with Crippen LogP contribution in [0.25, 0.3) is 11.3 Å². The Balaban J connectivity index is 1.71. The van der Waals surface area contributed by atoms with Crippen molar-refractivity contribution < 1.29 is 13.2 Å². The fourth-order valence-electron chi connectivity index (χ4n) is 4.18. The molecule has 0 spiro atoms. The van der Waals surface area contributed by atoms with E-state index in [0.29, 0.717) is 41.0 Å². The van der Waals surface area contributed by atoms with Crippen molar-refractivity contribution >= 4 is 27.3 Å². The number of carbonyl (C=O) groups excluding carboxylic acids is 1. The molecule has 0 aliphatic heterocycles. The van der Waals surface area contributed by atoms with E-state index in [1.165, 1.54) is 6.92 Å². The molecular formula is C24H26N4O4S. The third kappa shape index (κ3) is 4.83. The Kier molecular flexibility index (Phi) is 6.33. The Morgan fingerprint density at radius 3 is 2.36 bits per heavy atom. The smallest absolute Gasteiger partial charge is 0.267 e. The second-order valence-electron chi connectivity index (χ2n) is 8.11. The van der Waals surface area contributed by atoms with Crippen LogP contribution >= 0.6 is 0 Å². The molecule has 0 bridgehead atoms. The molecule has 0 radical (unpaired) electrons. The second-order valence-corrected chi connectivity index (χ2v) is 9.76. The fourth-order valence-corrected chi connectivity index (χ4v) is 5.57. The zero-order valence-electron chi connectivity index (χ0n) is 18.6. The van der Waals surface area contributed by atoms with Crippen LogP contribution in [0.1, 0.15) is 43.4 Å². The molecule has 1 heterocycles. The van der Waals surface area contributed by atoms with E-state index in [1.807, 2.05) is 13.0 Å². The summed E-state index contributed by atoms with van der Waals surface area (Å²) in [5.41, 5.74) is 4.40. The first-order chi connectivity index (χ1) is 15.8. The van der Waals surface area contributed by atoms with Crippen LogP contribution in [0.15, 0.2) is 52.2 Å². The van der Waals surface area contributed by atoms with Crippen molar-refractivity contribution in [2.75, 3.05) is 10.0 Å². The molecule has 0 unspecified atom stereocenters. The van der Waals surface area contributed by atoms with E-state index in [9.17, 15) is 18.0 Å². The molecule has 9 heteroatoms. The normalized spacial score (nSPS) is 13.3. The number of anilines is 2. The third-order valence-electron chi connectivity index (χ3n) is 5.77. The number of sulfonamides is 1. The number of amides is 1. The number of nitrogens with one attached hydrogen (secondary N) is 3. The van der Waals surface area contributed by atoms with Crippen LogP contribution < -0.4 is 15.6 Å². The van der Waals surface area contributed by atoms with Crippen LogP contribution in [0.5, 0.6) is 0 Å². The lowest BCUT2D eigenvalue weighted by Gasteiger charge is -2.18. The average molecular weight is 467 g/mol. The molecule has 2 aromatic carbocycles. The summed E-state index contributed by atoms with van der Waals surface area (Å²) in [6.07, 6.45) is 3.92. The summed E-state index contributed by atoms with van der Waals surface area (Å²) in [7, 11) is -3.89. The first kappa shape index (κ1) is 22.7. The van der Waals surface area contributed by atoms with Crippen LogP contribution in [0.2, 0.25) is 0 Å². The minimum atomic E-state index is -3.89. The maximum absolute atomic E-state index is 13.3. The number of H-pyrrole nitrogens is 1. The SMILES string of the molecule is CCc1ccc(-c2n[nH]c(=O)c3c2CCCC3)cc1S(=O)(=O)Nc1ccc(NC(C)=O)cc1. The van der Waals surface area contributed by atoms with Gasteiger partial charge < -0.3 is 5.32 Å². The molecule has 4 rings (SSSR count). The second kappa shape index (κ2) is 9.19. The van der Waals surface area contributed by atoms with Gasteiger partial charge in [0.15, 0.2) is 0 Å². The third-order valence-corrected chi connectivity index (χ3v) is 7.23. The van der Waals surface area contributed by atoms with Crippen LogP contribution in [0.3, 0.4) is 0 Å². The molecule has 0 atom stereocenters. The fraction of sp³-hybridized carbons (Fsp3) is 0.292.